The molecule has 0 bridgehead atoms. The fourth-order valence-electron chi connectivity index (χ4n) is 4.43. The molecule has 1 aliphatic rings. The largest absolute Gasteiger partial charge is 0.508 e. The van der Waals surface area contributed by atoms with Crippen LogP contribution in [-0.4, -0.2) is 25.8 Å². The van der Waals surface area contributed by atoms with Gasteiger partial charge in [-0.2, -0.15) is 5.10 Å². The first-order valence-electron chi connectivity index (χ1n) is 11.2. The lowest BCUT2D eigenvalue weighted by Gasteiger charge is -2.23. The van der Waals surface area contributed by atoms with Gasteiger partial charge < -0.3 is 5.11 Å². The van der Waals surface area contributed by atoms with Crippen molar-refractivity contribution < 1.29 is 5.11 Å². The van der Waals surface area contributed by atoms with Crippen LogP contribution in [0.25, 0.3) is 22.2 Å². The summed E-state index contributed by atoms with van der Waals surface area (Å²) in [5, 5.41) is 18.9. The van der Waals surface area contributed by atoms with Crippen molar-refractivity contribution in [2.24, 2.45) is 5.10 Å². The van der Waals surface area contributed by atoms with Crippen LogP contribution in [0.3, 0.4) is 0 Å². The van der Waals surface area contributed by atoms with E-state index in [0.717, 1.165) is 39.0 Å². The van der Waals surface area contributed by atoms with Crippen LogP contribution in [-0.2, 0) is 0 Å². The number of nitrogens with zero attached hydrogens (tertiary/aromatic N) is 5. The average Bonchev–Trinajstić information content (AvgIpc) is 3.35. The lowest BCUT2D eigenvalue weighted by molar-refractivity contribution is 0.460. The fraction of sp³-hybridized carbons (Fsp3) is 0.0714. The Morgan fingerprint density at radius 1 is 0.829 bits per heavy atom. The number of phenols is 1. The molecular formula is C28H20ClN5O. The van der Waals surface area contributed by atoms with E-state index in [1.54, 1.807) is 18.5 Å². The highest BCUT2D eigenvalue weighted by Crippen LogP contribution is 2.40. The zero-order valence-corrected chi connectivity index (χ0v) is 19.3. The molecule has 0 aliphatic carbocycles. The molecule has 1 aliphatic heterocycles. The monoisotopic (exact) mass is 477 g/mol. The van der Waals surface area contributed by atoms with Gasteiger partial charge in [0, 0.05) is 45.9 Å². The molecule has 0 radical (unpaired) electrons. The summed E-state index contributed by atoms with van der Waals surface area (Å²) < 4.78 is 0. The van der Waals surface area contributed by atoms with Crippen LogP contribution in [0.1, 0.15) is 23.6 Å². The van der Waals surface area contributed by atoms with Crippen molar-refractivity contribution in [3.8, 4) is 17.0 Å². The van der Waals surface area contributed by atoms with Crippen LogP contribution in [0.2, 0.25) is 5.02 Å². The molecule has 7 heteroatoms. The SMILES string of the molecule is Oc1ccccc1C1CC(c2ccncc2)=NN1c1nc(-c2ccccc2)c2cc(Cl)ccc2n1. The van der Waals surface area contributed by atoms with Gasteiger partial charge in [0.05, 0.1) is 23.0 Å². The minimum Gasteiger partial charge on any atom is -0.508 e. The molecular weight excluding hydrogens is 458 g/mol. The van der Waals surface area contributed by atoms with Crippen LogP contribution in [0, 0.1) is 0 Å². The van der Waals surface area contributed by atoms with Crippen molar-refractivity contribution in [1.29, 1.82) is 0 Å². The minimum atomic E-state index is -0.271. The van der Waals surface area contributed by atoms with E-state index in [0.29, 0.717) is 17.4 Å². The average molecular weight is 478 g/mol. The molecule has 6 rings (SSSR count). The van der Waals surface area contributed by atoms with Gasteiger partial charge in [0.25, 0.3) is 0 Å². The Morgan fingerprint density at radius 2 is 1.60 bits per heavy atom. The number of benzene rings is 3. The van der Waals surface area contributed by atoms with Crippen molar-refractivity contribution in [2.75, 3.05) is 5.01 Å². The van der Waals surface area contributed by atoms with E-state index in [9.17, 15) is 5.11 Å². The molecule has 0 amide bonds. The van der Waals surface area contributed by atoms with E-state index in [1.807, 2.05) is 83.9 Å². The summed E-state index contributed by atoms with van der Waals surface area (Å²) in [7, 11) is 0. The van der Waals surface area contributed by atoms with Gasteiger partial charge in [-0.3, -0.25) is 4.98 Å². The third kappa shape index (κ3) is 3.98. The highest BCUT2D eigenvalue weighted by atomic mass is 35.5. The third-order valence-electron chi connectivity index (χ3n) is 6.12. The van der Waals surface area contributed by atoms with Crippen molar-refractivity contribution in [3.63, 3.8) is 0 Å². The minimum absolute atomic E-state index is 0.213. The number of halogens is 1. The highest BCUT2D eigenvalue weighted by molar-refractivity contribution is 6.31. The zero-order valence-electron chi connectivity index (χ0n) is 18.6. The first-order chi connectivity index (χ1) is 17.2. The van der Waals surface area contributed by atoms with Gasteiger partial charge in [0.2, 0.25) is 5.95 Å². The number of aromatic hydroxyl groups is 1. The summed E-state index contributed by atoms with van der Waals surface area (Å²) in [6.45, 7) is 0. The molecule has 3 aromatic carbocycles. The predicted octanol–water partition coefficient (Wildman–Crippen LogP) is 6.41. The third-order valence-corrected chi connectivity index (χ3v) is 6.35. The Bertz CT molecular complexity index is 1560. The summed E-state index contributed by atoms with van der Waals surface area (Å²) in [6.07, 6.45) is 4.09. The molecule has 6 nitrogen and oxygen atoms in total. The molecule has 35 heavy (non-hydrogen) atoms. The zero-order chi connectivity index (χ0) is 23.8. The maximum Gasteiger partial charge on any atom is 0.247 e. The highest BCUT2D eigenvalue weighted by Gasteiger charge is 2.33. The Kier molecular flexibility index (Phi) is 5.35. The lowest BCUT2D eigenvalue weighted by atomic mass is 9.98. The van der Waals surface area contributed by atoms with Crippen molar-refractivity contribution in [2.45, 2.75) is 12.5 Å². The van der Waals surface area contributed by atoms with Gasteiger partial charge in [-0.15, -0.1) is 0 Å². The maximum atomic E-state index is 10.7. The van der Waals surface area contributed by atoms with Crippen LogP contribution >= 0.6 is 11.6 Å². The van der Waals surface area contributed by atoms with E-state index in [4.69, 9.17) is 26.7 Å². The quantitative estimate of drug-likeness (QED) is 0.324. The summed E-state index contributed by atoms with van der Waals surface area (Å²) in [5.74, 6) is 0.667. The first kappa shape index (κ1) is 21.3. The van der Waals surface area contributed by atoms with Gasteiger partial charge >= 0.3 is 0 Å². The first-order valence-corrected chi connectivity index (χ1v) is 11.6. The summed E-state index contributed by atoms with van der Waals surface area (Å²) >= 11 is 6.33. The number of phenolic OH excluding ortho intramolecular Hbond substituents is 1. The van der Waals surface area contributed by atoms with Gasteiger partial charge in [-0.05, 0) is 36.4 Å². The van der Waals surface area contributed by atoms with Crippen LogP contribution < -0.4 is 5.01 Å². The predicted molar refractivity (Wildman–Crippen MR) is 139 cm³/mol. The van der Waals surface area contributed by atoms with Gasteiger partial charge in [-0.1, -0.05) is 60.1 Å². The molecule has 170 valence electrons. The van der Waals surface area contributed by atoms with Crippen LogP contribution in [0.5, 0.6) is 5.75 Å². The Morgan fingerprint density at radius 3 is 2.40 bits per heavy atom. The molecule has 1 atom stereocenters. The van der Waals surface area contributed by atoms with Crippen molar-refractivity contribution in [1.82, 2.24) is 15.0 Å². The molecule has 1 N–H and O–H groups in total. The molecule has 0 fully saturated rings. The Hall–Kier alpha value is -4.29. The van der Waals surface area contributed by atoms with Crippen LogP contribution in [0.4, 0.5) is 5.95 Å². The number of pyridine rings is 1. The smallest absolute Gasteiger partial charge is 0.247 e. The second kappa shape index (κ2) is 8.81. The summed E-state index contributed by atoms with van der Waals surface area (Å²) in [5.41, 5.74) is 5.11. The molecule has 1 unspecified atom stereocenters. The second-order valence-corrected chi connectivity index (χ2v) is 8.74. The Balaban J connectivity index is 1.56. The number of fused-ring (bicyclic) bond motifs is 1. The number of para-hydroxylation sites is 1. The van der Waals surface area contributed by atoms with E-state index >= 15 is 0 Å². The number of anilines is 1. The molecule has 2 aromatic heterocycles. The second-order valence-electron chi connectivity index (χ2n) is 8.31. The number of rotatable bonds is 4. The number of hydrogen-bond donors (Lipinski definition) is 1. The molecule has 3 heterocycles. The molecule has 0 saturated heterocycles. The molecule has 5 aromatic rings. The van der Waals surface area contributed by atoms with E-state index in [1.165, 1.54) is 0 Å². The van der Waals surface area contributed by atoms with E-state index in [-0.39, 0.29) is 11.8 Å². The van der Waals surface area contributed by atoms with Crippen LogP contribution in [0.15, 0.2) is 102 Å². The normalized spacial score (nSPS) is 15.4. The van der Waals surface area contributed by atoms with E-state index in [2.05, 4.69) is 4.98 Å². The number of hydrazone groups is 1. The van der Waals surface area contributed by atoms with Crippen molar-refractivity contribution in [3.05, 3.63) is 113 Å². The topological polar surface area (TPSA) is 74.5 Å². The van der Waals surface area contributed by atoms with Gasteiger partial charge in [0.15, 0.2) is 0 Å². The maximum absolute atomic E-state index is 10.7. The number of aromatic nitrogens is 3. The number of hydrogen-bond acceptors (Lipinski definition) is 6. The standard InChI is InChI=1S/C28H20ClN5O/c29-20-10-11-23-22(16-20)27(19-6-2-1-3-7-19)32-28(31-23)34-25(21-8-4-5-9-26(21)35)17-24(33-34)18-12-14-30-15-13-18/h1-16,25,35H,17H2. The fourth-order valence-corrected chi connectivity index (χ4v) is 4.60. The summed E-state index contributed by atoms with van der Waals surface area (Å²) in [6, 6.07) is 26.5. The lowest BCUT2D eigenvalue weighted by Crippen LogP contribution is -2.21. The van der Waals surface area contributed by atoms with Gasteiger partial charge in [0.1, 0.15) is 5.75 Å². The Labute approximate surface area is 207 Å². The van der Waals surface area contributed by atoms with E-state index < -0.39 is 0 Å². The van der Waals surface area contributed by atoms with Gasteiger partial charge in [-0.25, -0.2) is 15.0 Å². The van der Waals surface area contributed by atoms with Crippen molar-refractivity contribution >= 4 is 34.2 Å². The molecule has 0 spiro atoms. The summed E-state index contributed by atoms with van der Waals surface area (Å²) in [4.78, 5) is 14.0. The molecule has 0 saturated carbocycles.